The molecule has 436 valence electrons. The van der Waals surface area contributed by atoms with Crippen LogP contribution in [-0.2, 0) is 60.8 Å². The van der Waals surface area contributed by atoms with Crippen molar-refractivity contribution in [3.8, 4) is 0 Å². The summed E-state index contributed by atoms with van der Waals surface area (Å²) >= 11 is 0. The standard InChI is InChI=1S/C58H88N10O11/c1-14-37(6)48-58(79)63(9)39(8)50(71)59-29-28-47(70)67(13)49(36(4)5)53(74)60-38(7)54(75)64(10)44(32-40-23-17-15-18-24-40)51(72)61-42(31-35(2)3)55(76)66(12)46(34-69)57(78)68-30-22-21-27-43(68)56(77)65(11)45(52(73)62-48)33-41-25-19-16-20-26-41/h15-20,23-26,35-39,42-46,48-49,69H,14,21-22,27-34H2,1-13H3,(H,59,71)(H,60,74)(H,61,72)(H,62,73). The van der Waals surface area contributed by atoms with Gasteiger partial charge in [0.1, 0.15) is 54.4 Å². The van der Waals surface area contributed by atoms with Crippen LogP contribution in [0.15, 0.2) is 60.7 Å². The first-order chi connectivity index (χ1) is 37.3. The average Bonchev–Trinajstić information content (AvgIpc) is 3.44. The number of carbonyl (C=O) groups is 10. The van der Waals surface area contributed by atoms with Gasteiger partial charge in [0.25, 0.3) is 0 Å². The fraction of sp³-hybridized carbons (Fsp3) is 0.621. The first-order valence-electron chi connectivity index (χ1n) is 27.8. The van der Waals surface area contributed by atoms with Crippen LogP contribution < -0.4 is 21.3 Å². The highest BCUT2D eigenvalue weighted by molar-refractivity contribution is 5.99. The summed E-state index contributed by atoms with van der Waals surface area (Å²) in [4.78, 5) is 152. The molecule has 0 aliphatic carbocycles. The van der Waals surface area contributed by atoms with Crippen LogP contribution in [0.1, 0.15) is 105 Å². The number of likely N-dealkylation sites (N-methyl/N-ethyl adjacent to an activating group) is 5. The Morgan fingerprint density at radius 1 is 0.582 bits per heavy atom. The maximum atomic E-state index is 15.0. The molecule has 2 fully saturated rings. The quantitative estimate of drug-likeness (QED) is 0.229. The zero-order chi connectivity index (χ0) is 59.0. The van der Waals surface area contributed by atoms with E-state index in [1.807, 2.05) is 26.8 Å². The van der Waals surface area contributed by atoms with Gasteiger partial charge in [0, 0.05) is 67.6 Å². The van der Waals surface area contributed by atoms with Crippen molar-refractivity contribution in [1.29, 1.82) is 0 Å². The van der Waals surface area contributed by atoms with Crippen LogP contribution in [0.25, 0.3) is 0 Å². The summed E-state index contributed by atoms with van der Waals surface area (Å²) in [5, 5.41) is 22.2. The lowest BCUT2D eigenvalue weighted by atomic mass is 9.95. The number of fused-ring (bicyclic) bond motifs is 1. The van der Waals surface area contributed by atoms with Crippen LogP contribution in [0.3, 0.4) is 0 Å². The number of hydrogen-bond donors (Lipinski definition) is 5. The molecule has 2 saturated heterocycles. The van der Waals surface area contributed by atoms with Gasteiger partial charge < -0.3 is 55.8 Å². The average molecular weight is 1100 g/mol. The number of aliphatic hydroxyl groups is 1. The minimum absolute atomic E-state index is 0.00462. The monoisotopic (exact) mass is 1100 g/mol. The number of amides is 10. The molecule has 2 aliphatic rings. The molecule has 10 atom stereocenters. The maximum Gasteiger partial charge on any atom is 0.248 e. The maximum absolute atomic E-state index is 15.0. The Bertz CT molecular complexity index is 2440. The highest BCUT2D eigenvalue weighted by atomic mass is 16.3. The Labute approximate surface area is 466 Å². The van der Waals surface area contributed by atoms with Crippen LogP contribution in [0.5, 0.6) is 0 Å². The summed E-state index contributed by atoms with van der Waals surface area (Å²) in [6, 6.07) is 7.12. The second-order valence-corrected chi connectivity index (χ2v) is 22.2. The molecule has 0 saturated carbocycles. The topological polar surface area (TPSA) is 258 Å². The van der Waals surface area contributed by atoms with Gasteiger partial charge in [-0.2, -0.15) is 0 Å². The molecule has 2 aromatic carbocycles. The molecule has 0 spiro atoms. The third-order valence-electron chi connectivity index (χ3n) is 15.6. The van der Waals surface area contributed by atoms with Crippen LogP contribution in [0, 0.1) is 17.8 Å². The lowest BCUT2D eigenvalue weighted by molar-refractivity contribution is -0.156. The molecule has 10 unspecified atom stereocenters. The Hall–Kier alpha value is -6.90. The van der Waals surface area contributed by atoms with Gasteiger partial charge in [-0.1, -0.05) is 109 Å². The largest absolute Gasteiger partial charge is 0.394 e. The van der Waals surface area contributed by atoms with Crippen molar-refractivity contribution >= 4 is 59.1 Å². The zero-order valence-corrected chi connectivity index (χ0v) is 48.7. The fourth-order valence-electron chi connectivity index (χ4n) is 10.3. The predicted molar refractivity (Wildman–Crippen MR) is 298 cm³/mol. The minimum Gasteiger partial charge on any atom is -0.394 e. The van der Waals surface area contributed by atoms with Gasteiger partial charge in [-0.3, -0.25) is 47.9 Å². The van der Waals surface area contributed by atoms with Crippen LogP contribution in [0.4, 0.5) is 0 Å². The molecular weight excluding hydrogens is 1010 g/mol. The Morgan fingerprint density at radius 3 is 1.63 bits per heavy atom. The minimum atomic E-state index is -1.51. The molecule has 5 N–H and O–H groups in total. The third kappa shape index (κ3) is 16.8. The fourth-order valence-corrected chi connectivity index (χ4v) is 10.3. The number of nitrogens with one attached hydrogen (secondary N) is 4. The summed E-state index contributed by atoms with van der Waals surface area (Å²) in [6.07, 6.45) is 1.60. The number of rotatable bonds is 10. The van der Waals surface area contributed by atoms with Gasteiger partial charge in [-0.05, 0) is 68.4 Å². The van der Waals surface area contributed by atoms with E-state index in [4.69, 9.17) is 0 Å². The SMILES string of the molecule is CCC(C)C1NC(=O)C(Cc2ccccc2)N(C)C(=O)C2CCCCN2C(=O)C(CO)N(C)C(=O)C(CC(C)C)NC(=O)C(Cc2ccccc2)N(C)C(=O)C(C)NC(=O)C(C(C)C)N(C)C(=O)CCNC(=O)C(C)N(C)C1=O. The van der Waals surface area contributed by atoms with E-state index in [-0.39, 0.29) is 51.1 Å². The molecule has 4 rings (SSSR count). The summed E-state index contributed by atoms with van der Waals surface area (Å²) in [6.45, 7) is 12.9. The predicted octanol–water partition coefficient (Wildman–Crippen LogP) is 1.74. The number of carbonyl (C=O) groups excluding carboxylic acids is 10. The van der Waals surface area contributed by atoms with Gasteiger partial charge in [0.15, 0.2) is 0 Å². The number of benzene rings is 2. The number of aliphatic hydroxyl groups excluding tert-OH is 1. The van der Waals surface area contributed by atoms with Gasteiger partial charge in [-0.25, -0.2) is 0 Å². The Balaban J connectivity index is 1.83. The second kappa shape index (κ2) is 29.9. The van der Waals surface area contributed by atoms with Crippen molar-refractivity contribution < 1.29 is 53.1 Å². The molecule has 2 heterocycles. The summed E-state index contributed by atoms with van der Waals surface area (Å²) in [5.74, 6) is -7.38. The van der Waals surface area contributed by atoms with E-state index < -0.39 is 132 Å². The van der Waals surface area contributed by atoms with E-state index in [9.17, 15) is 53.1 Å². The van der Waals surface area contributed by atoms with Gasteiger partial charge >= 0.3 is 0 Å². The van der Waals surface area contributed by atoms with E-state index in [0.717, 1.165) is 4.90 Å². The van der Waals surface area contributed by atoms with Gasteiger partial charge in [-0.15, -0.1) is 0 Å². The normalized spacial score (nSPS) is 26.6. The van der Waals surface area contributed by atoms with Crippen LogP contribution in [0.2, 0.25) is 0 Å². The summed E-state index contributed by atoms with van der Waals surface area (Å²) in [5.41, 5.74) is 1.39. The second-order valence-electron chi connectivity index (χ2n) is 22.2. The molecule has 0 aromatic heterocycles. The highest BCUT2D eigenvalue weighted by Gasteiger charge is 2.44. The van der Waals surface area contributed by atoms with Gasteiger partial charge in [0.2, 0.25) is 59.1 Å². The lowest BCUT2D eigenvalue weighted by Gasteiger charge is -2.41. The van der Waals surface area contributed by atoms with E-state index in [1.165, 1.54) is 73.6 Å². The molecule has 0 radical (unpaired) electrons. The molecule has 21 heteroatoms. The molecular formula is C58H88N10O11. The highest BCUT2D eigenvalue weighted by Crippen LogP contribution is 2.24. The van der Waals surface area contributed by atoms with Crippen molar-refractivity contribution in [2.75, 3.05) is 54.9 Å². The molecule has 0 bridgehead atoms. The van der Waals surface area contributed by atoms with E-state index in [0.29, 0.717) is 30.4 Å². The summed E-state index contributed by atoms with van der Waals surface area (Å²) < 4.78 is 0. The van der Waals surface area contributed by atoms with Crippen molar-refractivity contribution in [2.24, 2.45) is 17.8 Å². The van der Waals surface area contributed by atoms with E-state index in [2.05, 4.69) is 21.3 Å². The van der Waals surface area contributed by atoms with Crippen molar-refractivity contribution in [3.05, 3.63) is 71.8 Å². The zero-order valence-electron chi connectivity index (χ0n) is 48.7. The van der Waals surface area contributed by atoms with E-state index >= 15 is 0 Å². The molecule has 79 heavy (non-hydrogen) atoms. The molecule has 2 aromatic rings. The molecule has 2 aliphatic heterocycles. The molecule has 10 amide bonds. The number of piperidine rings is 1. The van der Waals surface area contributed by atoms with Gasteiger partial charge in [0.05, 0.1) is 6.61 Å². The van der Waals surface area contributed by atoms with Crippen molar-refractivity contribution in [2.45, 2.75) is 161 Å². The lowest BCUT2D eigenvalue weighted by Crippen LogP contribution is -2.63. The number of hydrogen-bond acceptors (Lipinski definition) is 11. The van der Waals surface area contributed by atoms with E-state index in [1.54, 1.807) is 75.4 Å². The molecule has 21 nitrogen and oxygen atoms in total. The van der Waals surface area contributed by atoms with Crippen LogP contribution >= 0.6 is 0 Å². The Morgan fingerprint density at radius 2 is 1.11 bits per heavy atom. The number of nitrogens with zero attached hydrogens (tertiary/aromatic N) is 6. The van der Waals surface area contributed by atoms with Crippen molar-refractivity contribution in [3.63, 3.8) is 0 Å². The first-order valence-corrected chi connectivity index (χ1v) is 27.8. The third-order valence-corrected chi connectivity index (χ3v) is 15.6. The Kier molecular flexibility index (Phi) is 24.5. The van der Waals surface area contributed by atoms with Crippen LogP contribution in [-0.4, -0.2) is 203 Å². The first kappa shape index (κ1) is 64.6. The van der Waals surface area contributed by atoms with Crippen molar-refractivity contribution in [1.82, 2.24) is 50.7 Å². The smallest absolute Gasteiger partial charge is 0.248 e. The summed E-state index contributed by atoms with van der Waals surface area (Å²) in [7, 11) is 7.11.